The molecule has 1 heterocycles. The van der Waals surface area contributed by atoms with Crippen molar-refractivity contribution in [3.8, 4) is 17.0 Å². The third-order valence-electron chi connectivity index (χ3n) is 6.40. The normalized spacial score (nSPS) is 15.0. The van der Waals surface area contributed by atoms with Crippen molar-refractivity contribution in [2.45, 2.75) is 51.1 Å². The number of hydrogen-bond acceptors (Lipinski definition) is 3. The van der Waals surface area contributed by atoms with Crippen LogP contribution in [0.2, 0.25) is 0 Å². The van der Waals surface area contributed by atoms with Gasteiger partial charge in [0.15, 0.2) is 5.69 Å². The van der Waals surface area contributed by atoms with E-state index in [2.05, 4.69) is 24.0 Å². The number of aliphatic hydroxyl groups is 1. The number of benzene rings is 2. The van der Waals surface area contributed by atoms with Crippen LogP contribution in [0.15, 0.2) is 54.9 Å². The van der Waals surface area contributed by atoms with E-state index >= 15 is 0 Å². The molecule has 184 valence electrons. The molecule has 0 saturated heterocycles. The van der Waals surface area contributed by atoms with E-state index in [0.717, 1.165) is 24.8 Å². The van der Waals surface area contributed by atoms with Crippen LogP contribution in [0.1, 0.15) is 54.8 Å². The van der Waals surface area contributed by atoms with Crippen molar-refractivity contribution < 1.29 is 23.0 Å². The molecule has 1 atom stereocenters. The van der Waals surface area contributed by atoms with Crippen LogP contribution in [0.3, 0.4) is 0 Å². The largest absolute Gasteiger partial charge is 0.496 e. The Morgan fingerprint density at radius 1 is 1.12 bits per heavy atom. The summed E-state index contributed by atoms with van der Waals surface area (Å²) in [6.07, 6.45) is 2.12. The predicted molar refractivity (Wildman–Crippen MR) is 128 cm³/mol. The van der Waals surface area contributed by atoms with Crippen LogP contribution in [0, 0.1) is 12.8 Å². The first-order chi connectivity index (χ1) is 16.2. The smallest absolute Gasteiger partial charge is 0.435 e. The van der Waals surface area contributed by atoms with Gasteiger partial charge in [0.2, 0.25) is 0 Å². The van der Waals surface area contributed by atoms with E-state index in [1.54, 1.807) is 25.2 Å². The van der Waals surface area contributed by atoms with Crippen LogP contribution >= 0.6 is 0 Å². The Balaban J connectivity index is 0.000000396. The molecular formula is C27H33F3N2O2. The Morgan fingerprint density at radius 3 is 2.32 bits per heavy atom. The first-order valence-electron chi connectivity index (χ1n) is 11.6. The summed E-state index contributed by atoms with van der Waals surface area (Å²) in [6.45, 7) is 2.02. The number of rotatable bonds is 6. The van der Waals surface area contributed by atoms with E-state index in [9.17, 15) is 18.3 Å². The molecule has 1 fully saturated rings. The molecule has 0 unspecified atom stereocenters. The highest BCUT2D eigenvalue weighted by atomic mass is 19.4. The number of halogens is 3. The summed E-state index contributed by atoms with van der Waals surface area (Å²) < 4.78 is 46.9. The second-order valence-electron chi connectivity index (χ2n) is 8.93. The maximum absolute atomic E-state index is 13.3. The summed E-state index contributed by atoms with van der Waals surface area (Å²) in [6, 6.07) is 15.3. The molecule has 0 radical (unpaired) electrons. The van der Waals surface area contributed by atoms with E-state index in [4.69, 9.17) is 4.74 Å². The highest BCUT2D eigenvalue weighted by molar-refractivity contribution is 5.66. The molecule has 0 bridgehead atoms. The van der Waals surface area contributed by atoms with Crippen molar-refractivity contribution in [2.75, 3.05) is 13.7 Å². The Hall–Kier alpha value is -2.80. The standard InChI is InChI=1S/C20H25F3N2O2.C7H8/c1-25-12-24-19(20(21,22)23)18(25)14-7-8-17(27-2)16(10-14)15(11-26)9-13-5-3-4-6-13;1-7-5-3-2-4-6-7/h7-8,10,12-13,15,26H,3-6,9,11H2,1-2H3;2-6H,1H3/t15-;/m1./s1. The minimum atomic E-state index is -4.53. The van der Waals surface area contributed by atoms with Crippen LogP contribution in [0.4, 0.5) is 13.2 Å². The number of aromatic nitrogens is 2. The molecule has 1 aliphatic carbocycles. The van der Waals surface area contributed by atoms with Crippen LogP contribution in [-0.4, -0.2) is 28.4 Å². The first-order valence-corrected chi connectivity index (χ1v) is 11.6. The lowest BCUT2D eigenvalue weighted by atomic mass is 9.87. The van der Waals surface area contributed by atoms with Crippen molar-refractivity contribution >= 4 is 0 Å². The van der Waals surface area contributed by atoms with Crippen molar-refractivity contribution in [3.63, 3.8) is 0 Å². The number of nitrogens with zero attached hydrogens (tertiary/aromatic N) is 2. The van der Waals surface area contributed by atoms with Gasteiger partial charge in [0.1, 0.15) is 5.75 Å². The minimum absolute atomic E-state index is 0.0176. The zero-order valence-corrected chi connectivity index (χ0v) is 20.0. The third kappa shape index (κ3) is 6.41. The van der Waals surface area contributed by atoms with Gasteiger partial charge >= 0.3 is 6.18 Å². The molecule has 2 aromatic carbocycles. The first kappa shape index (κ1) is 25.8. The molecule has 3 aromatic rings. The number of ether oxygens (including phenoxy) is 1. The maximum Gasteiger partial charge on any atom is 0.435 e. The lowest BCUT2D eigenvalue weighted by molar-refractivity contribution is -0.140. The van der Waals surface area contributed by atoms with Gasteiger partial charge < -0.3 is 14.4 Å². The summed E-state index contributed by atoms with van der Waals surface area (Å²) in [4.78, 5) is 3.54. The number of imidazole rings is 1. The molecule has 1 aromatic heterocycles. The molecular weight excluding hydrogens is 441 g/mol. The van der Waals surface area contributed by atoms with Gasteiger partial charge in [0.25, 0.3) is 0 Å². The average molecular weight is 475 g/mol. The fourth-order valence-corrected chi connectivity index (χ4v) is 4.66. The Labute approximate surface area is 199 Å². The number of hydrogen-bond donors (Lipinski definition) is 1. The SMILES string of the molecule is COc1ccc(-c2c(C(F)(F)F)ncn2C)cc1[C@@H](CO)CC1CCCC1.Cc1ccccc1. The van der Waals surface area contributed by atoms with E-state index < -0.39 is 11.9 Å². The Morgan fingerprint density at radius 2 is 1.79 bits per heavy atom. The summed E-state index contributed by atoms with van der Waals surface area (Å²) in [7, 11) is 3.08. The van der Waals surface area contributed by atoms with Crippen LogP contribution in [-0.2, 0) is 13.2 Å². The zero-order valence-electron chi connectivity index (χ0n) is 20.0. The monoisotopic (exact) mass is 474 g/mol. The minimum Gasteiger partial charge on any atom is -0.496 e. The zero-order chi connectivity index (χ0) is 24.7. The fraction of sp³-hybridized carbons (Fsp3) is 0.444. The van der Waals surface area contributed by atoms with Crippen LogP contribution in [0.25, 0.3) is 11.3 Å². The highest BCUT2D eigenvalue weighted by Gasteiger charge is 2.37. The summed E-state index contributed by atoms with van der Waals surface area (Å²) in [5, 5.41) is 9.97. The topological polar surface area (TPSA) is 47.3 Å². The molecule has 0 spiro atoms. The predicted octanol–water partition coefficient (Wildman–Crippen LogP) is 6.77. The molecule has 0 aliphatic heterocycles. The average Bonchev–Trinajstić information content (AvgIpc) is 3.47. The van der Waals surface area contributed by atoms with Gasteiger partial charge in [0, 0.05) is 24.1 Å². The lowest BCUT2D eigenvalue weighted by Gasteiger charge is -2.22. The molecule has 1 N–H and O–H groups in total. The number of aliphatic hydroxyl groups excluding tert-OH is 1. The quantitative estimate of drug-likeness (QED) is 0.429. The van der Waals surface area contributed by atoms with E-state index in [0.29, 0.717) is 17.2 Å². The summed E-state index contributed by atoms with van der Waals surface area (Å²) in [5.74, 6) is 0.968. The van der Waals surface area contributed by atoms with E-state index in [-0.39, 0.29) is 18.2 Å². The number of alkyl halides is 3. The van der Waals surface area contributed by atoms with Crippen molar-refractivity contribution in [3.05, 3.63) is 71.7 Å². The van der Waals surface area contributed by atoms with Crippen LogP contribution < -0.4 is 4.74 Å². The molecule has 4 nitrogen and oxygen atoms in total. The van der Waals surface area contributed by atoms with Crippen molar-refractivity contribution in [1.29, 1.82) is 0 Å². The Kier molecular flexibility index (Phi) is 8.78. The van der Waals surface area contributed by atoms with Gasteiger partial charge in [-0.3, -0.25) is 0 Å². The Bertz CT molecular complexity index is 1040. The molecule has 4 rings (SSSR count). The van der Waals surface area contributed by atoms with Gasteiger partial charge in [-0.05, 0) is 37.5 Å². The van der Waals surface area contributed by atoms with Gasteiger partial charge in [-0.1, -0.05) is 61.6 Å². The lowest BCUT2D eigenvalue weighted by Crippen LogP contribution is -2.12. The van der Waals surface area contributed by atoms with Crippen LogP contribution in [0.5, 0.6) is 5.75 Å². The fourth-order valence-electron chi connectivity index (χ4n) is 4.66. The van der Waals surface area contributed by atoms with Gasteiger partial charge in [0.05, 0.1) is 25.7 Å². The maximum atomic E-state index is 13.3. The summed E-state index contributed by atoms with van der Waals surface area (Å²) >= 11 is 0. The molecule has 34 heavy (non-hydrogen) atoms. The second kappa shape index (κ2) is 11.6. The molecule has 7 heteroatoms. The van der Waals surface area contributed by atoms with Crippen molar-refractivity contribution in [2.24, 2.45) is 13.0 Å². The summed E-state index contributed by atoms with van der Waals surface area (Å²) in [5.41, 5.74) is 1.60. The van der Waals surface area contributed by atoms with Gasteiger partial charge in [-0.25, -0.2) is 4.98 Å². The molecule has 0 amide bonds. The second-order valence-corrected chi connectivity index (χ2v) is 8.93. The number of methoxy groups -OCH3 is 1. The highest BCUT2D eigenvalue weighted by Crippen LogP contribution is 2.41. The third-order valence-corrected chi connectivity index (χ3v) is 6.40. The van der Waals surface area contributed by atoms with E-state index in [1.807, 2.05) is 18.2 Å². The van der Waals surface area contributed by atoms with Crippen molar-refractivity contribution in [1.82, 2.24) is 9.55 Å². The van der Waals surface area contributed by atoms with E-state index in [1.165, 1.54) is 36.4 Å². The number of aryl methyl sites for hydroxylation is 2. The molecule has 1 aliphatic rings. The van der Waals surface area contributed by atoms with Gasteiger partial charge in [-0.15, -0.1) is 0 Å². The molecule has 1 saturated carbocycles. The van der Waals surface area contributed by atoms with Gasteiger partial charge in [-0.2, -0.15) is 13.2 Å².